The van der Waals surface area contributed by atoms with Gasteiger partial charge in [-0.1, -0.05) is 17.7 Å². The zero-order valence-corrected chi connectivity index (χ0v) is 12.0. The Kier molecular flexibility index (Phi) is 5.99. The minimum atomic E-state index is 0.0502. The highest BCUT2D eigenvalue weighted by Crippen LogP contribution is 2.18. The van der Waals surface area contributed by atoms with Crippen molar-refractivity contribution >= 4 is 17.5 Å². The van der Waals surface area contributed by atoms with E-state index < -0.39 is 0 Å². The topological polar surface area (TPSA) is 29.5 Å². The molecule has 0 aliphatic heterocycles. The molecule has 0 unspecified atom stereocenters. The number of rotatable bonds is 6. The highest BCUT2D eigenvalue weighted by molar-refractivity contribution is 6.18. The third-order valence-corrected chi connectivity index (χ3v) is 2.94. The molecule has 1 aromatic rings. The summed E-state index contributed by atoms with van der Waals surface area (Å²) in [6, 6.07) is 6.06. The van der Waals surface area contributed by atoms with E-state index in [1.54, 1.807) is 11.9 Å². The van der Waals surface area contributed by atoms with Gasteiger partial charge in [-0.3, -0.25) is 4.79 Å². The predicted octanol–water partition coefficient (Wildman–Crippen LogP) is 2.77. The van der Waals surface area contributed by atoms with Gasteiger partial charge in [-0.05, 0) is 25.5 Å². The van der Waals surface area contributed by atoms with Crippen LogP contribution >= 0.6 is 11.6 Å². The van der Waals surface area contributed by atoms with Gasteiger partial charge in [-0.15, -0.1) is 11.6 Å². The van der Waals surface area contributed by atoms with Gasteiger partial charge in [0.15, 0.2) is 0 Å². The Bertz CT molecular complexity index is 407. The van der Waals surface area contributed by atoms with Gasteiger partial charge in [-0.2, -0.15) is 0 Å². The molecule has 3 nitrogen and oxygen atoms in total. The molecule has 18 heavy (non-hydrogen) atoms. The highest BCUT2D eigenvalue weighted by atomic mass is 35.5. The molecule has 100 valence electrons. The fourth-order valence-corrected chi connectivity index (χ4v) is 1.81. The highest BCUT2D eigenvalue weighted by Gasteiger charge is 2.07. The van der Waals surface area contributed by atoms with Crippen LogP contribution in [0.2, 0.25) is 0 Å². The Morgan fingerprint density at radius 2 is 2.11 bits per heavy atom. The summed E-state index contributed by atoms with van der Waals surface area (Å²) in [7, 11) is 1.76. The molecule has 0 spiro atoms. The molecular formula is C14H20ClNO2. The lowest BCUT2D eigenvalue weighted by atomic mass is 10.1. The second kappa shape index (κ2) is 7.27. The number of likely N-dealkylation sites (N-methyl/N-ethyl adjacent to an activating group) is 1. The maximum absolute atomic E-state index is 11.5. The van der Waals surface area contributed by atoms with Crippen LogP contribution in [0.15, 0.2) is 18.2 Å². The molecule has 1 rings (SSSR count). The lowest BCUT2D eigenvalue weighted by Crippen LogP contribution is -2.30. The molecule has 0 fully saturated rings. The SMILES string of the molecule is Cc1ccc(OCCN(C)C(=O)CCCl)c(C)c1. The Morgan fingerprint density at radius 1 is 1.39 bits per heavy atom. The van der Waals surface area contributed by atoms with Crippen LogP contribution in [0.4, 0.5) is 0 Å². The Hall–Kier alpha value is -1.22. The van der Waals surface area contributed by atoms with Crippen LogP contribution < -0.4 is 4.74 Å². The Labute approximate surface area is 114 Å². The molecule has 4 heteroatoms. The lowest BCUT2D eigenvalue weighted by Gasteiger charge is -2.17. The third-order valence-electron chi connectivity index (χ3n) is 2.75. The molecule has 0 heterocycles. The summed E-state index contributed by atoms with van der Waals surface area (Å²) in [4.78, 5) is 13.1. The average molecular weight is 270 g/mol. The summed E-state index contributed by atoms with van der Waals surface area (Å²) in [6.07, 6.45) is 0.377. The van der Waals surface area contributed by atoms with Crippen LogP contribution in [0.5, 0.6) is 5.75 Å². The number of hydrogen-bond donors (Lipinski definition) is 0. The molecule has 0 aliphatic carbocycles. The van der Waals surface area contributed by atoms with Gasteiger partial charge >= 0.3 is 0 Å². The summed E-state index contributed by atoms with van der Waals surface area (Å²) < 4.78 is 5.66. The first-order chi connectivity index (χ1) is 8.54. The van der Waals surface area contributed by atoms with Gasteiger partial charge in [0.25, 0.3) is 0 Å². The van der Waals surface area contributed by atoms with Crippen molar-refractivity contribution in [2.75, 3.05) is 26.1 Å². The summed E-state index contributed by atoms with van der Waals surface area (Å²) in [6.45, 7) is 5.14. The molecule has 0 radical (unpaired) electrons. The largest absolute Gasteiger partial charge is 0.491 e. The molecule has 0 bridgehead atoms. The van der Waals surface area contributed by atoms with E-state index in [-0.39, 0.29) is 5.91 Å². The van der Waals surface area contributed by atoms with Gasteiger partial charge in [0.1, 0.15) is 12.4 Å². The number of ether oxygens (including phenoxy) is 1. The van der Waals surface area contributed by atoms with Crippen molar-refractivity contribution < 1.29 is 9.53 Å². The van der Waals surface area contributed by atoms with E-state index in [2.05, 4.69) is 13.0 Å². The normalized spacial score (nSPS) is 10.2. The van der Waals surface area contributed by atoms with Crippen LogP contribution in [0.1, 0.15) is 17.5 Å². The fraction of sp³-hybridized carbons (Fsp3) is 0.500. The second-order valence-corrected chi connectivity index (χ2v) is 4.75. The smallest absolute Gasteiger partial charge is 0.223 e. The van der Waals surface area contributed by atoms with Gasteiger partial charge in [0.2, 0.25) is 5.91 Å². The van der Waals surface area contributed by atoms with Crippen LogP contribution in [0.3, 0.4) is 0 Å². The summed E-state index contributed by atoms with van der Waals surface area (Å²) in [5, 5.41) is 0. The Balaban J connectivity index is 2.39. The molecule has 0 saturated heterocycles. The maximum atomic E-state index is 11.5. The van der Waals surface area contributed by atoms with Crippen molar-refractivity contribution in [1.29, 1.82) is 0 Å². The molecule has 0 saturated carbocycles. The number of hydrogen-bond acceptors (Lipinski definition) is 2. The average Bonchev–Trinajstić information content (AvgIpc) is 2.32. The van der Waals surface area contributed by atoms with Crippen LogP contribution in [0, 0.1) is 13.8 Å². The predicted molar refractivity (Wildman–Crippen MR) is 74.4 cm³/mol. The van der Waals surface area contributed by atoms with E-state index in [9.17, 15) is 4.79 Å². The molecule has 0 aromatic heterocycles. The first kappa shape index (κ1) is 14.8. The number of nitrogens with zero attached hydrogens (tertiary/aromatic N) is 1. The fourth-order valence-electron chi connectivity index (χ4n) is 1.65. The maximum Gasteiger partial charge on any atom is 0.223 e. The second-order valence-electron chi connectivity index (χ2n) is 4.37. The first-order valence-corrected chi connectivity index (χ1v) is 6.58. The zero-order chi connectivity index (χ0) is 13.5. The monoisotopic (exact) mass is 269 g/mol. The number of aryl methyl sites for hydroxylation is 2. The molecule has 1 aromatic carbocycles. The van der Waals surface area contributed by atoms with Crippen molar-refractivity contribution in [1.82, 2.24) is 4.90 Å². The summed E-state index contributed by atoms with van der Waals surface area (Å²) >= 11 is 5.53. The lowest BCUT2D eigenvalue weighted by molar-refractivity contribution is -0.129. The van der Waals surface area contributed by atoms with Crippen LogP contribution in [-0.4, -0.2) is 36.9 Å². The van der Waals surface area contributed by atoms with E-state index in [0.717, 1.165) is 11.3 Å². The van der Waals surface area contributed by atoms with Gasteiger partial charge < -0.3 is 9.64 Å². The minimum Gasteiger partial charge on any atom is -0.491 e. The standard InChI is InChI=1S/C14H20ClNO2/c1-11-4-5-13(12(2)10-11)18-9-8-16(3)14(17)6-7-15/h4-5,10H,6-9H2,1-3H3. The van der Waals surface area contributed by atoms with Crippen molar-refractivity contribution in [3.8, 4) is 5.75 Å². The van der Waals surface area contributed by atoms with Crippen molar-refractivity contribution in [3.05, 3.63) is 29.3 Å². The van der Waals surface area contributed by atoms with Gasteiger partial charge in [0.05, 0.1) is 6.54 Å². The summed E-state index contributed by atoms with van der Waals surface area (Å²) in [5.41, 5.74) is 2.33. The minimum absolute atomic E-state index is 0.0502. The van der Waals surface area contributed by atoms with E-state index in [0.29, 0.717) is 25.5 Å². The number of benzene rings is 1. The number of halogens is 1. The quantitative estimate of drug-likeness (QED) is 0.743. The third kappa shape index (κ3) is 4.57. The van der Waals surface area contributed by atoms with Gasteiger partial charge in [-0.25, -0.2) is 0 Å². The summed E-state index contributed by atoms with van der Waals surface area (Å²) in [5.74, 6) is 1.29. The van der Waals surface area contributed by atoms with Gasteiger partial charge in [0, 0.05) is 19.3 Å². The van der Waals surface area contributed by atoms with E-state index in [1.165, 1.54) is 5.56 Å². The van der Waals surface area contributed by atoms with Crippen molar-refractivity contribution in [2.24, 2.45) is 0 Å². The van der Waals surface area contributed by atoms with E-state index >= 15 is 0 Å². The molecule has 1 amide bonds. The molecule has 0 atom stereocenters. The van der Waals surface area contributed by atoms with Crippen LogP contribution in [0.25, 0.3) is 0 Å². The van der Waals surface area contributed by atoms with Crippen molar-refractivity contribution in [2.45, 2.75) is 20.3 Å². The molecule has 0 N–H and O–H groups in total. The van der Waals surface area contributed by atoms with E-state index in [1.807, 2.05) is 19.1 Å². The first-order valence-electron chi connectivity index (χ1n) is 6.04. The number of carbonyl (C=O) groups is 1. The Morgan fingerprint density at radius 3 is 2.72 bits per heavy atom. The molecular weight excluding hydrogens is 250 g/mol. The van der Waals surface area contributed by atoms with E-state index in [4.69, 9.17) is 16.3 Å². The number of amides is 1. The number of alkyl halides is 1. The van der Waals surface area contributed by atoms with Crippen molar-refractivity contribution in [3.63, 3.8) is 0 Å². The zero-order valence-electron chi connectivity index (χ0n) is 11.2. The number of carbonyl (C=O) groups excluding carboxylic acids is 1. The molecule has 0 aliphatic rings. The van der Waals surface area contributed by atoms with Crippen LogP contribution in [-0.2, 0) is 4.79 Å².